The van der Waals surface area contributed by atoms with E-state index in [9.17, 15) is 13.5 Å². The van der Waals surface area contributed by atoms with Gasteiger partial charge in [0.05, 0.1) is 6.61 Å². The number of sulfonamides is 1. The van der Waals surface area contributed by atoms with Gasteiger partial charge < -0.3 is 10.8 Å². The Morgan fingerprint density at radius 1 is 1.58 bits per heavy atom. The number of nitrogens with zero attached hydrogens (tertiary/aromatic N) is 3. The number of nitrogen functional groups attached to an aromatic ring is 1. The van der Waals surface area contributed by atoms with Gasteiger partial charge in [-0.05, 0) is 19.3 Å². The largest absolute Gasteiger partial charge is 0.395 e. The summed E-state index contributed by atoms with van der Waals surface area (Å²) in [5.41, 5.74) is 5.71. The van der Waals surface area contributed by atoms with Gasteiger partial charge in [0.1, 0.15) is 4.90 Å². The van der Waals surface area contributed by atoms with Gasteiger partial charge in [-0.15, -0.1) is 0 Å². The van der Waals surface area contributed by atoms with Gasteiger partial charge >= 0.3 is 0 Å². The molecule has 0 unspecified atom stereocenters. The van der Waals surface area contributed by atoms with E-state index in [0.29, 0.717) is 19.5 Å². The van der Waals surface area contributed by atoms with E-state index in [4.69, 9.17) is 5.73 Å². The maximum atomic E-state index is 12.5. The molecule has 3 N–H and O–H groups in total. The van der Waals surface area contributed by atoms with Gasteiger partial charge in [-0.1, -0.05) is 6.92 Å². The monoisotopic (exact) mass is 288 g/mol. The van der Waals surface area contributed by atoms with Crippen LogP contribution in [0.4, 0.5) is 5.82 Å². The van der Waals surface area contributed by atoms with Crippen molar-refractivity contribution in [3.05, 3.63) is 6.20 Å². The molecular weight excluding hydrogens is 268 g/mol. The van der Waals surface area contributed by atoms with Crippen LogP contribution in [-0.4, -0.2) is 46.8 Å². The Balaban J connectivity index is 2.33. The molecule has 0 aromatic carbocycles. The molecular formula is C11H20N4O3S. The number of rotatable bonds is 5. The van der Waals surface area contributed by atoms with Crippen LogP contribution in [0.15, 0.2) is 11.1 Å². The van der Waals surface area contributed by atoms with Crippen LogP contribution in [0.2, 0.25) is 0 Å². The Hall–Kier alpha value is -1.12. The third-order valence-corrected chi connectivity index (χ3v) is 5.30. The second kappa shape index (κ2) is 5.48. The van der Waals surface area contributed by atoms with Gasteiger partial charge in [-0.25, -0.2) is 8.42 Å². The minimum absolute atomic E-state index is 0.0250. The standard InChI is InChI=1S/C11H20N4O3S/c1-2-5-14-7-10(11(12)13-14)19(17,18)15-6-3-4-9(15)8-16/h7,9,16H,2-6,8H2,1H3,(H2,12,13)/t9-/m0/s1. The summed E-state index contributed by atoms with van der Waals surface area (Å²) in [5.74, 6) is 0.0250. The average molecular weight is 288 g/mol. The molecule has 1 aromatic rings. The van der Waals surface area contributed by atoms with Crippen LogP contribution < -0.4 is 5.73 Å². The highest BCUT2D eigenvalue weighted by molar-refractivity contribution is 7.89. The van der Waals surface area contributed by atoms with Gasteiger partial charge in [0.25, 0.3) is 0 Å². The van der Waals surface area contributed by atoms with Crippen molar-refractivity contribution in [1.29, 1.82) is 0 Å². The summed E-state index contributed by atoms with van der Waals surface area (Å²) in [5, 5.41) is 13.3. The SMILES string of the molecule is CCCn1cc(S(=O)(=O)N2CCC[C@H]2CO)c(N)n1. The fourth-order valence-electron chi connectivity index (χ4n) is 2.39. The number of aromatic nitrogens is 2. The molecule has 1 saturated heterocycles. The second-order valence-corrected chi connectivity index (χ2v) is 6.60. The summed E-state index contributed by atoms with van der Waals surface area (Å²) in [4.78, 5) is 0.0429. The Morgan fingerprint density at radius 3 is 2.95 bits per heavy atom. The lowest BCUT2D eigenvalue weighted by atomic mass is 10.2. The molecule has 2 rings (SSSR count). The molecule has 0 aliphatic carbocycles. The molecule has 1 atom stereocenters. The van der Waals surface area contributed by atoms with E-state index in [2.05, 4.69) is 5.10 Å². The number of hydrogen-bond donors (Lipinski definition) is 2. The molecule has 0 saturated carbocycles. The molecule has 8 heteroatoms. The van der Waals surface area contributed by atoms with E-state index in [1.807, 2.05) is 6.92 Å². The van der Waals surface area contributed by atoms with E-state index in [1.54, 1.807) is 4.68 Å². The van der Waals surface area contributed by atoms with Crippen molar-refractivity contribution in [3.8, 4) is 0 Å². The van der Waals surface area contributed by atoms with E-state index >= 15 is 0 Å². The van der Waals surface area contributed by atoms with Crippen LogP contribution >= 0.6 is 0 Å². The van der Waals surface area contributed by atoms with Crippen LogP contribution in [0.25, 0.3) is 0 Å². The minimum Gasteiger partial charge on any atom is -0.395 e. The van der Waals surface area contributed by atoms with Gasteiger partial charge in [-0.3, -0.25) is 4.68 Å². The number of aryl methyl sites for hydroxylation is 1. The molecule has 0 bridgehead atoms. The van der Waals surface area contributed by atoms with Crippen LogP contribution in [-0.2, 0) is 16.6 Å². The molecule has 108 valence electrons. The number of aliphatic hydroxyl groups excluding tert-OH is 1. The zero-order valence-electron chi connectivity index (χ0n) is 11.0. The highest BCUT2D eigenvalue weighted by atomic mass is 32.2. The summed E-state index contributed by atoms with van der Waals surface area (Å²) < 4.78 is 27.9. The Labute approximate surface area is 113 Å². The quantitative estimate of drug-likeness (QED) is 0.795. The minimum atomic E-state index is -3.66. The molecule has 7 nitrogen and oxygen atoms in total. The number of hydrogen-bond acceptors (Lipinski definition) is 5. The molecule has 1 aromatic heterocycles. The molecule has 2 heterocycles. The lowest BCUT2D eigenvalue weighted by Crippen LogP contribution is -2.37. The van der Waals surface area contributed by atoms with Crippen molar-refractivity contribution < 1.29 is 13.5 Å². The smallest absolute Gasteiger partial charge is 0.248 e. The zero-order chi connectivity index (χ0) is 14.0. The van der Waals surface area contributed by atoms with Gasteiger partial charge in [0, 0.05) is 25.3 Å². The molecule has 0 amide bonds. The molecule has 0 radical (unpaired) electrons. The molecule has 0 spiro atoms. The number of aliphatic hydroxyl groups is 1. The number of nitrogens with two attached hydrogens (primary N) is 1. The first kappa shape index (κ1) is 14.3. The summed E-state index contributed by atoms with van der Waals surface area (Å²) in [6.07, 6.45) is 3.76. The van der Waals surface area contributed by atoms with E-state index in [1.165, 1.54) is 10.5 Å². The van der Waals surface area contributed by atoms with Crippen molar-refractivity contribution >= 4 is 15.8 Å². The maximum absolute atomic E-state index is 12.5. The normalized spacial score (nSPS) is 21.1. The van der Waals surface area contributed by atoms with Crippen LogP contribution in [0.5, 0.6) is 0 Å². The number of anilines is 1. The third-order valence-electron chi connectivity index (χ3n) is 3.33. The van der Waals surface area contributed by atoms with Crippen LogP contribution in [0.1, 0.15) is 26.2 Å². The first-order valence-corrected chi connectivity index (χ1v) is 7.90. The fraction of sp³-hybridized carbons (Fsp3) is 0.727. The first-order chi connectivity index (χ1) is 9.00. The highest BCUT2D eigenvalue weighted by Gasteiger charge is 2.36. The van der Waals surface area contributed by atoms with E-state index < -0.39 is 10.0 Å². The van der Waals surface area contributed by atoms with Crippen LogP contribution in [0, 0.1) is 0 Å². The first-order valence-electron chi connectivity index (χ1n) is 6.46. The van der Waals surface area contributed by atoms with Crippen molar-refractivity contribution in [2.24, 2.45) is 0 Å². The van der Waals surface area contributed by atoms with Crippen LogP contribution in [0.3, 0.4) is 0 Å². The van der Waals surface area contributed by atoms with E-state index in [-0.39, 0.29) is 23.4 Å². The van der Waals surface area contributed by atoms with Gasteiger partial charge in [0.15, 0.2) is 5.82 Å². The van der Waals surface area contributed by atoms with Crippen molar-refractivity contribution in [1.82, 2.24) is 14.1 Å². The maximum Gasteiger partial charge on any atom is 0.248 e. The van der Waals surface area contributed by atoms with Crippen molar-refractivity contribution in [3.63, 3.8) is 0 Å². The molecule has 1 fully saturated rings. The second-order valence-electron chi connectivity index (χ2n) is 4.74. The summed E-state index contributed by atoms with van der Waals surface area (Å²) in [6, 6.07) is -0.348. The predicted molar refractivity (Wildman–Crippen MR) is 70.9 cm³/mol. The Morgan fingerprint density at radius 2 is 2.32 bits per heavy atom. The predicted octanol–water partition coefficient (Wildman–Crippen LogP) is 0.0207. The highest BCUT2D eigenvalue weighted by Crippen LogP contribution is 2.28. The Kier molecular flexibility index (Phi) is 4.12. The average Bonchev–Trinajstić information content (AvgIpc) is 2.96. The summed E-state index contributed by atoms with van der Waals surface area (Å²) in [7, 11) is -3.66. The molecule has 1 aliphatic heterocycles. The molecule has 1 aliphatic rings. The zero-order valence-corrected chi connectivity index (χ0v) is 11.8. The summed E-state index contributed by atoms with van der Waals surface area (Å²) in [6.45, 7) is 2.87. The fourth-order valence-corrected chi connectivity index (χ4v) is 4.14. The lowest BCUT2D eigenvalue weighted by molar-refractivity contribution is 0.213. The van der Waals surface area contributed by atoms with Gasteiger partial charge in [0.2, 0.25) is 10.0 Å². The van der Waals surface area contributed by atoms with Crippen molar-refractivity contribution in [2.45, 2.75) is 43.7 Å². The summed E-state index contributed by atoms with van der Waals surface area (Å²) >= 11 is 0. The lowest BCUT2D eigenvalue weighted by Gasteiger charge is -2.21. The van der Waals surface area contributed by atoms with E-state index in [0.717, 1.165) is 12.8 Å². The third kappa shape index (κ3) is 2.60. The molecule has 19 heavy (non-hydrogen) atoms. The van der Waals surface area contributed by atoms with Crippen molar-refractivity contribution in [2.75, 3.05) is 18.9 Å². The van der Waals surface area contributed by atoms with Gasteiger partial charge in [-0.2, -0.15) is 9.40 Å². The topological polar surface area (TPSA) is 101 Å². The Bertz CT molecular complexity index is 540.